The maximum Gasteiger partial charge on any atom is 0.262 e. The zero-order valence-electron chi connectivity index (χ0n) is 15.0. The van der Waals surface area contributed by atoms with Crippen molar-refractivity contribution in [2.45, 2.75) is 0 Å². The highest BCUT2D eigenvalue weighted by Crippen LogP contribution is 2.29. The summed E-state index contributed by atoms with van der Waals surface area (Å²) in [7, 11) is 3.62. The number of hydrogen-bond donors (Lipinski definition) is 3. The molecule has 2 aromatic rings. The van der Waals surface area contributed by atoms with E-state index in [4.69, 9.17) is 4.74 Å². The first-order valence-electron chi connectivity index (χ1n) is 8.33. The normalized spacial score (nSPS) is 12.6. The summed E-state index contributed by atoms with van der Waals surface area (Å²) in [6.07, 6.45) is 0. The van der Waals surface area contributed by atoms with Crippen molar-refractivity contribution in [1.29, 1.82) is 0 Å². The predicted octanol–water partition coefficient (Wildman–Crippen LogP) is 1.77. The molecule has 0 atom stereocenters. The Morgan fingerprint density at radius 3 is 2.59 bits per heavy atom. The van der Waals surface area contributed by atoms with E-state index in [0.717, 1.165) is 0 Å². The molecule has 0 spiro atoms. The van der Waals surface area contributed by atoms with Gasteiger partial charge in [0.1, 0.15) is 5.75 Å². The van der Waals surface area contributed by atoms with Crippen LogP contribution in [0.15, 0.2) is 42.5 Å². The molecule has 8 heteroatoms. The predicted molar refractivity (Wildman–Crippen MR) is 102 cm³/mol. The fraction of sp³-hybridized carbons (Fsp3) is 0.211. The summed E-state index contributed by atoms with van der Waals surface area (Å²) < 4.78 is 5.33. The average Bonchev–Trinajstić information content (AvgIpc) is 2.60. The molecule has 1 heterocycles. The number of carbonyl (C=O) groups is 3. The lowest BCUT2D eigenvalue weighted by Gasteiger charge is -2.18. The lowest BCUT2D eigenvalue weighted by Crippen LogP contribution is -2.27. The van der Waals surface area contributed by atoms with E-state index in [-0.39, 0.29) is 30.9 Å². The topological polar surface area (TPSA) is 99.8 Å². The fourth-order valence-electron chi connectivity index (χ4n) is 2.58. The third kappa shape index (κ3) is 4.83. The van der Waals surface area contributed by atoms with Crippen molar-refractivity contribution in [3.63, 3.8) is 0 Å². The van der Waals surface area contributed by atoms with Crippen molar-refractivity contribution < 1.29 is 19.1 Å². The molecule has 0 unspecified atom stereocenters. The number of anilines is 3. The molecule has 0 aliphatic carbocycles. The lowest BCUT2D eigenvalue weighted by molar-refractivity contribution is -0.118. The lowest BCUT2D eigenvalue weighted by atomic mass is 10.1. The van der Waals surface area contributed by atoms with Crippen LogP contribution < -0.4 is 20.7 Å². The molecule has 2 aromatic carbocycles. The first-order valence-corrected chi connectivity index (χ1v) is 8.33. The number of hydrogen-bond acceptors (Lipinski definition) is 5. The van der Waals surface area contributed by atoms with E-state index in [9.17, 15) is 14.4 Å². The van der Waals surface area contributed by atoms with E-state index in [1.54, 1.807) is 47.4 Å². The van der Waals surface area contributed by atoms with Crippen molar-refractivity contribution in [2.75, 3.05) is 43.2 Å². The summed E-state index contributed by atoms with van der Waals surface area (Å²) >= 11 is 0. The van der Waals surface area contributed by atoms with E-state index in [2.05, 4.69) is 16.0 Å². The summed E-state index contributed by atoms with van der Waals surface area (Å²) in [6, 6.07) is 11.7. The number of benzene rings is 2. The van der Waals surface area contributed by atoms with Crippen LogP contribution in [0.3, 0.4) is 0 Å². The van der Waals surface area contributed by atoms with Gasteiger partial charge in [0.15, 0.2) is 6.61 Å². The van der Waals surface area contributed by atoms with Crippen LogP contribution in [-0.4, -0.2) is 49.9 Å². The summed E-state index contributed by atoms with van der Waals surface area (Å²) in [5, 5.41) is 8.24. The largest absolute Gasteiger partial charge is 0.482 e. The Morgan fingerprint density at radius 2 is 1.85 bits per heavy atom. The Balaban J connectivity index is 1.68. The van der Waals surface area contributed by atoms with Crippen LogP contribution >= 0.6 is 0 Å². The Labute approximate surface area is 156 Å². The van der Waals surface area contributed by atoms with E-state index < -0.39 is 0 Å². The second kappa shape index (κ2) is 7.88. The minimum Gasteiger partial charge on any atom is -0.482 e. The molecule has 0 saturated carbocycles. The van der Waals surface area contributed by atoms with E-state index in [1.807, 2.05) is 14.1 Å². The molecule has 0 aromatic heterocycles. The summed E-state index contributed by atoms with van der Waals surface area (Å²) in [4.78, 5) is 37.4. The number of carbonyl (C=O) groups excluding carboxylic acids is 3. The van der Waals surface area contributed by atoms with Gasteiger partial charge in [-0.05, 0) is 50.5 Å². The second-order valence-corrected chi connectivity index (χ2v) is 6.37. The number of ether oxygens (including phenoxy) is 1. The molecule has 3 N–H and O–H groups in total. The molecular weight excluding hydrogens is 348 g/mol. The van der Waals surface area contributed by atoms with Crippen LogP contribution in [0.1, 0.15) is 10.4 Å². The number of fused-ring (bicyclic) bond motifs is 1. The molecule has 3 amide bonds. The van der Waals surface area contributed by atoms with Crippen LogP contribution in [0.5, 0.6) is 5.75 Å². The first-order chi connectivity index (χ1) is 12.9. The quantitative estimate of drug-likeness (QED) is 0.747. The SMILES string of the molecule is CN(C)CC(=O)Nc1cccc(NC(=O)c2ccc3c(c2)OCC(=O)N3)c1. The molecule has 27 heavy (non-hydrogen) atoms. The van der Waals surface area contributed by atoms with Crippen LogP contribution in [0.2, 0.25) is 0 Å². The molecule has 8 nitrogen and oxygen atoms in total. The molecular formula is C19H20N4O4. The molecule has 3 rings (SSSR count). The smallest absolute Gasteiger partial charge is 0.262 e. The van der Waals surface area contributed by atoms with E-state index in [0.29, 0.717) is 28.4 Å². The highest BCUT2D eigenvalue weighted by atomic mass is 16.5. The van der Waals surface area contributed by atoms with Gasteiger partial charge in [-0.2, -0.15) is 0 Å². The van der Waals surface area contributed by atoms with E-state index in [1.165, 1.54) is 0 Å². The molecule has 0 fully saturated rings. The number of amides is 3. The second-order valence-electron chi connectivity index (χ2n) is 6.37. The van der Waals surface area contributed by atoms with Gasteiger partial charge in [0.05, 0.1) is 12.2 Å². The minimum atomic E-state index is -0.324. The van der Waals surface area contributed by atoms with Crippen molar-refractivity contribution in [3.8, 4) is 5.75 Å². The minimum absolute atomic E-state index is 0.0766. The number of likely N-dealkylation sites (N-methyl/N-ethyl adjacent to an activating group) is 1. The first kappa shape index (κ1) is 18.4. The third-order valence-corrected chi connectivity index (χ3v) is 3.74. The van der Waals surface area contributed by atoms with Crippen molar-refractivity contribution in [1.82, 2.24) is 4.90 Å². The van der Waals surface area contributed by atoms with Gasteiger partial charge in [-0.1, -0.05) is 6.07 Å². The van der Waals surface area contributed by atoms with Crippen molar-refractivity contribution >= 4 is 34.8 Å². The Kier molecular flexibility index (Phi) is 5.37. The van der Waals surface area contributed by atoms with E-state index >= 15 is 0 Å². The number of nitrogens with zero attached hydrogens (tertiary/aromatic N) is 1. The number of rotatable bonds is 5. The molecule has 0 radical (unpaired) electrons. The summed E-state index contributed by atoms with van der Waals surface area (Å²) in [5.74, 6) is -0.243. The van der Waals surface area contributed by atoms with Gasteiger partial charge < -0.3 is 25.6 Å². The monoisotopic (exact) mass is 368 g/mol. The highest BCUT2D eigenvalue weighted by molar-refractivity contribution is 6.06. The highest BCUT2D eigenvalue weighted by Gasteiger charge is 2.18. The maximum absolute atomic E-state index is 12.5. The molecule has 1 aliphatic heterocycles. The standard InChI is InChI=1S/C19H20N4O4/c1-23(2)10-17(24)20-13-4-3-5-14(9-13)21-19(26)12-6-7-15-16(8-12)27-11-18(25)22-15/h3-9H,10-11H2,1-2H3,(H,20,24)(H,21,26)(H,22,25). The molecule has 0 saturated heterocycles. The van der Waals surface area contributed by atoms with Crippen LogP contribution in [0, 0.1) is 0 Å². The fourth-order valence-corrected chi connectivity index (χ4v) is 2.58. The summed E-state index contributed by atoms with van der Waals surface area (Å²) in [5.41, 5.74) is 2.08. The van der Waals surface area contributed by atoms with Gasteiger partial charge >= 0.3 is 0 Å². The zero-order chi connectivity index (χ0) is 19.4. The van der Waals surface area contributed by atoms with Gasteiger partial charge in [-0.3, -0.25) is 14.4 Å². The molecule has 140 valence electrons. The Bertz CT molecular complexity index is 895. The van der Waals surface area contributed by atoms with Crippen LogP contribution in [0.4, 0.5) is 17.1 Å². The Hall–Kier alpha value is -3.39. The maximum atomic E-state index is 12.5. The molecule has 0 bridgehead atoms. The zero-order valence-corrected chi connectivity index (χ0v) is 15.0. The molecule has 1 aliphatic rings. The van der Waals surface area contributed by atoms with Crippen LogP contribution in [0.25, 0.3) is 0 Å². The van der Waals surface area contributed by atoms with Gasteiger partial charge in [-0.25, -0.2) is 0 Å². The van der Waals surface area contributed by atoms with Gasteiger partial charge in [0.2, 0.25) is 5.91 Å². The Morgan fingerprint density at radius 1 is 1.11 bits per heavy atom. The summed E-state index contributed by atoms with van der Waals surface area (Å²) in [6.45, 7) is 0.189. The van der Waals surface area contributed by atoms with Gasteiger partial charge in [0, 0.05) is 16.9 Å². The van der Waals surface area contributed by atoms with Crippen molar-refractivity contribution in [3.05, 3.63) is 48.0 Å². The average molecular weight is 368 g/mol. The van der Waals surface area contributed by atoms with Crippen molar-refractivity contribution in [2.24, 2.45) is 0 Å². The third-order valence-electron chi connectivity index (χ3n) is 3.74. The van der Waals surface area contributed by atoms with Crippen LogP contribution in [-0.2, 0) is 9.59 Å². The number of nitrogens with one attached hydrogen (secondary N) is 3. The van der Waals surface area contributed by atoms with Gasteiger partial charge in [0.25, 0.3) is 11.8 Å². The van der Waals surface area contributed by atoms with Gasteiger partial charge in [-0.15, -0.1) is 0 Å².